The van der Waals surface area contributed by atoms with Gasteiger partial charge in [0.2, 0.25) is 0 Å². The van der Waals surface area contributed by atoms with E-state index in [1.807, 2.05) is 6.92 Å². The molecule has 112 valence electrons. The van der Waals surface area contributed by atoms with E-state index in [2.05, 4.69) is 4.72 Å². The topological polar surface area (TPSA) is 72.2 Å². The maximum absolute atomic E-state index is 14.2. The predicted octanol–water partition coefficient (Wildman–Crippen LogP) is 3.05. The van der Waals surface area contributed by atoms with Crippen molar-refractivity contribution in [3.8, 4) is 0 Å². The van der Waals surface area contributed by atoms with E-state index in [0.29, 0.717) is 5.69 Å². The van der Waals surface area contributed by atoms with Crippen molar-refractivity contribution in [3.05, 3.63) is 58.4 Å². The summed E-state index contributed by atoms with van der Waals surface area (Å²) in [6.07, 6.45) is 0. The minimum Gasteiger partial charge on any atom is -0.326 e. The average Bonchev–Trinajstić information content (AvgIpc) is 2.43. The number of nitrogens with one attached hydrogen (secondary N) is 1. The standard InChI is InChI=1S/C14H14ClFN2O2S/c1-9-2-4-12(5-3-9)18-21(19,20)13-7-11(15)6-10(8-17)14(13)16/h2-7,18H,8,17H2,1H3. The molecule has 0 fully saturated rings. The lowest BCUT2D eigenvalue weighted by molar-refractivity contribution is 0.561. The maximum atomic E-state index is 14.2. The van der Waals surface area contributed by atoms with Crippen LogP contribution < -0.4 is 10.5 Å². The molecule has 0 spiro atoms. The number of rotatable bonds is 4. The highest BCUT2D eigenvalue weighted by atomic mass is 35.5. The Bertz CT molecular complexity index is 761. The van der Waals surface area contributed by atoms with E-state index < -0.39 is 20.7 Å². The molecule has 0 unspecified atom stereocenters. The number of benzene rings is 2. The highest BCUT2D eigenvalue weighted by molar-refractivity contribution is 7.92. The fraction of sp³-hybridized carbons (Fsp3) is 0.143. The Morgan fingerprint density at radius 3 is 2.43 bits per heavy atom. The van der Waals surface area contributed by atoms with E-state index in [0.717, 1.165) is 11.6 Å². The van der Waals surface area contributed by atoms with Gasteiger partial charge in [0.25, 0.3) is 10.0 Å². The normalized spacial score (nSPS) is 11.4. The van der Waals surface area contributed by atoms with Crippen molar-refractivity contribution in [1.29, 1.82) is 0 Å². The van der Waals surface area contributed by atoms with Crippen LogP contribution in [0.25, 0.3) is 0 Å². The van der Waals surface area contributed by atoms with Crippen LogP contribution in [0.1, 0.15) is 11.1 Å². The first-order valence-electron chi connectivity index (χ1n) is 6.11. The van der Waals surface area contributed by atoms with Gasteiger partial charge >= 0.3 is 0 Å². The number of hydrogen-bond acceptors (Lipinski definition) is 3. The van der Waals surface area contributed by atoms with Crippen LogP contribution in [0.15, 0.2) is 41.3 Å². The third-order valence-corrected chi connectivity index (χ3v) is 4.49. The second kappa shape index (κ2) is 6.01. The molecule has 0 saturated carbocycles. The molecule has 0 aliphatic carbocycles. The van der Waals surface area contributed by atoms with Crippen molar-refractivity contribution in [2.45, 2.75) is 18.4 Å². The number of nitrogens with two attached hydrogens (primary N) is 1. The molecule has 2 rings (SSSR count). The van der Waals surface area contributed by atoms with Crippen molar-refractivity contribution in [2.75, 3.05) is 4.72 Å². The molecule has 3 N–H and O–H groups in total. The Morgan fingerprint density at radius 2 is 1.86 bits per heavy atom. The summed E-state index contributed by atoms with van der Waals surface area (Å²) in [6, 6.07) is 9.06. The van der Waals surface area contributed by atoms with E-state index in [4.69, 9.17) is 17.3 Å². The molecule has 0 aliphatic heterocycles. The number of aryl methyl sites for hydroxylation is 1. The van der Waals surface area contributed by atoms with E-state index in [-0.39, 0.29) is 17.1 Å². The molecule has 0 atom stereocenters. The molecule has 0 aliphatic rings. The van der Waals surface area contributed by atoms with Gasteiger partial charge in [-0.05, 0) is 31.2 Å². The van der Waals surface area contributed by atoms with Gasteiger partial charge in [0.1, 0.15) is 10.7 Å². The van der Waals surface area contributed by atoms with Crippen molar-refractivity contribution in [3.63, 3.8) is 0 Å². The fourth-order valence-corrected chi connectivity index (χ4v) is 3.31. The van der Waals surface area contributed by atoms with Gasteiger partial charge in [-0.3, -0.25) is 4.72 Å². The quantitative estimate of drug-likeness (QED) is 0.906. The van der Waals surface area contributed by atoms with Crippen molar-refractivity contribution >= 4 is 27.3 Å². The summed E-state index contributed by atoms with van der Waals surface area (Å²) in [6.45, 7) is 1.74. The van der Waals surface area contributed by atoms with Gasteiger partial charge in [-0.2, -0.15) is 0 Å². The molecule has 2 aromatic carbocycles. The lowest BCUT2D eigenvalue weighted by Gasteiger charge is -2.11. The second-order valence-corrected chi connectivity index (χ2v) is 6.64. The lowest BCUT2D eigenvalue weighted by Crippen LogP contribution is -2.16. The largest absolute Gasteiger partial charge is 0.326 e. The predicted molar refractivity (Wildman–Crippen MR) is 81.3 cm³/mol. The average molecular weight is 329 g/mol. The van der Waals surface area contributed by atoms with Gasteiger partial charge in [-0.25, -0.2) is 12.8 Å². The fourth-order valence-electron chi connectivity index (χ4n) is 1.79. The summed E-state index contributed by atoms with van der Waals surface area (Å²) in [5.74, 6) is -0.887. The first-order valence-corrected chi connectivity index (χ1v) is 7.97. The molecule has 0 bridgehead atoms. The highest BCUT2D eigenvalue weighted by Crippen LogP contribution is 2.25. The van der Waals surface area contributed by atoms with Gasteiger partial charge < -0.3 is 5.73 Å². The maximum Gasteiger partial charge on any atom is 0.264 e. The van der Waals surface area contributed by atoms with Crippen LogP contribution in [0.3, 0.4) is 0 Å². The Morgan fingerprint density at radius 1 is 1.24 bits per heavy atom. The van der Waals surface area contributed by atoms with Crippen LogP contribution in [0.2, 0.25) is 5.02 Å². The van der Waals surface area contributed by atoms with Crippen molar-refractivity contribution in [1.82, 2.24) is 0 Å². The third-order valence-electron chi connectivity index (χ3n) is 2.89. The zero-order chi connectivity index (χ0) is 15.6. The minimum atomic E-state index is -4.08. The molecule has 0 saturated heterocycles. The molecule has 0 heterocycles. The number of sulfonamides is 1. The van der Waals surface area contributed by atoms with Crippen LogP contribution in [0.4, 0.5) is 10.1 Å². The number of halogens is 2. The summed E-state index contributed by atoms with van der Waals surface area (Å²) < 4.78 is 41.0. The molecule has 0 aromatic heterocycles. The first kappa shape index (κ1) is 15.8. The van der Waals surface area contributed by atoms with Gasteiger partial charge in [0.15, 0.2) is 0 Å². The van der Waals surface area contributed by atoms with E-state index in [1.54, 1.807) is 24.3 Å². The number of hydrogen-bond donors (Lipinski definition) is 2. The number of anilines is 1. The van der Waals surface area contributed by atoms with Crippen molar-refractivity contribution < 1.29 is 12.8 Å². The zero-order valence-electron chi connectivity index (χ0n) is 11.2. The van der Waals surface area contributed by atoms with Crippen LogP contribution in [0.5, 0.6) is 0 Å². The molecule has 7 heteroatoms. The molecule has 0 amide bonds. The Labute approximate surface area is 127 Å². The summed E-state index contributed by atoms with van der Waals surface area (Å²) >= 11 is 5.82. The van der Waals surface area contributed by atoms with E-state index in [1.165, 1.54) is 6.07 Å². The molecular weight excluding hydrogens is 315 g/mol. The van der Waals surface area contributed by atoms with Crippen LogP contribution in [-0.4, -0.2) is 8.42 Å². The van der Waals surface area contributed by atoms with E-state index >= 15 is 0 Å². The van der Waals surface area contributed by atoms with Gasteiger partial charge in [0.05, 0.1) is 0 Å². The summed E-state index contributed by atoms with van der Waals surface area (Å²) in [5.41, 5.74) is 6.76. The molecular formula is C14H14ClFN2O2S. The van der Waals surface area contributed by atoms with E-state index in [9.17, 15) is 12.8 Å². The van der Waals surface area contributed by atoms with Gasteiger partial charge in [0, 0.05) is 22.8 Å². The smallest absolute Gasteiger partial charge is 0.264 e. The molecule has 2 aromatic rings. The van der Waals surface area contributed by atoms with Crippen LogP contribution in [-0.2, 0) is 16.6 Å². The molecule has 4 nitrogen and oxygen atoms in total. The first-order chi connectivity index (χ1) is 9.83. The van der Waals surface area contributed by atoms with Crippen LogP contribution in [0, 0.1) is 12.7 Å². The second-order valence-electron chi connectivity index (χ2n) is 4.55. The minimum absolute atomic E-state index is 0.0479. The molecule has 21 heavy (non-hydrogen) atoms. The summed E-state index contributed by atoms with van der Waals surface area (Å²) in [4.78, 5) is -0.518. The Hall–Kier alpha value is -1.63. The Kier molecular flexibility index (Phi) is 4.51. The monoisotopic (exact) mass is 328 g/mol. The Balaban J connectivity index is 2.44. The SMILES string of the molecule is Cc1ccc(NS(=O)(=O)c2cc(Cl)cc(CN)c2F)cc1. The van der Waals surface area contributed by atoms with Crippen molar-refractivity contribution in [2.24, 2.45) is 5.73 Å². The molecule has 0 radical (unpaired) electrons. The van der Waals surface area contributed by atoms with Gasteiger partial charge in [-0.1, -0.05) is 29.3 Å². The highest BCUT2D eigenvalue weighted by Gasteiger charge is 2.22. The van der Waals surface area contributed by atoms with Crippen LogP contribution >= 0.6 is 11.6 Å². The van der Waals surface area contributed by atoms with Gasteiger partial charge in [-0.15, -0.1) is 0 Å². The zero-order valence-corrected chi connectivity index (χ0v) is 12.8. The summed E-state index contributed by atoms with van der Waals surface area (Å²) in [7, 11) is -4.08. The lowest BCUT2D eigenvalue weighted by atomic mass is 10.2. The summed E-state index contributed by atoms with van der Waals surface area (Å²) in [5, 5.41) is 0.112. The third kappa shape index (κ3) is 3.53.